The van der Waals surface area contributed by atoms with Crippen LogP contribution in [0.4, 0.5) is 5.69 Å². The van der Waals surface area contributed by atoms with Crippen molar-refractivity contribution in [2.24, 2.45) is 0 Å². The predicted molar refractivity (Wildman–Crippen MR) is 89.7 cm³/mol. The van der Waals surface area contributed by atoms with Gasteiger partial charge in [0.15, 0.2) is 4.90 Å². The minimum atomic E-state index is -4.07. The number of hydrogen-bond donors (Lipinski definition) is 1. The summed E-state index contributed by atoms with van der Waals surface area (Å²) in [5, 5.41) is 11.1. The number of halogens is 1. The molecule has 7 nitrogen and oxygen atoms in total. The molecule has 0 saturated heterocycles. The zero-order chi connectivity index (χ0) is 17.7. The van der Waals surface area contributed by atoms with E-state index in [1.807, 2.05) is 6.92 Å². The molecule has 2 rings (SSSR count). The summed E-state index contributed by atoms with van der Waals surface area (Å²) in [6.45, 7) is 2.31. The van der Waals surface area contributed by atoms with E-state index in [1.54, 1.807) is 24.3 Å². The maximum Gasteiger partial charge on any atom is 0.290 e. The molecule has 1 N–H and O–H groups in total. The Morgan fingerprint density at radius 1 is 1.25 bits per heavy atom. The number of benzene rings is 2. The Kier molecular flexibility index (Phi) is 5.76. The Hall–Kier alpha value is -2.16. The number of sulfonamides is 1. The standard InChI is InChI=1S/C15H15ClN2O5S/c1-2-23-13-5-3-4-11(8-13)10-17-24(21,22)15-7-6-12(16)9-14(15)18(19)20/h3-9,17H,2,10H2,1H3. The fourth-order valence-corrected chi connectivity index (χ4v) is 3.36. The van der Waals surface area contributed by atoms with Crippen LogP contribution >= 0.6 is 11.6 Å². The lowest BCUT2D eigenvalue weighted by Gasteiger charge is -2.09. The summed E-state index contributed by atoms with van der Waals surface area (Å²) in [7, 11) is -4.07. The average molecular weight is 371 g/mol. The lowest BCUT2D eigenvalue weighted by molar-refractivity contribution is -0.387. The fourth-order valence-electron chi connectivity index (χ4n) is 2.03. The van der Waals surface area contributed by atoms with Crippen LogP contribution in [0, 0.1) is 10.1 Å². The van der Waals surface area contributed by atoms with E-state index in [2.05, 4.69) is 4.72 Å². The summed E-state index contributed by atoms with van der Waals surface area (Å²) in [5.74, 6) is 0.617. The van der Waals surface area contributed by atoms with Gasteiger partial charge in [0.05, 0.1) is 11.5 Å². The SMILES string of the molecule is CCOc1cccc(CNS(=O)(=O)c2ccc(Cl)cc2[N+](=O)[O-])c1. The van der Waals surface area contributed by atoms with Crippen molar-refractivity contribution < 1.29 is 18.1 Å². The van der Waals surface area contributed by atoms with Crippen LogP contribution in [0.15, 0.2) is 47.4 Å². The number of ether oxygens (including phenoxy) is 1. The van der Waals surface area contributed by atoms with Gasteiger partial charge in [-0.05, 0) is 36.8 Å². The molecule has 0 saturated carbocycles. The van der Waals surface area contributed by atoms with Crippen molar-refractivity contribution in [2.75, 3.05) is 6.61 Å². The molecule has 0 aliphatic rings. The van der Waals surface area contributed by atoms with Crippen molar-refractivity contribution >= 4 is 27.3 Å². The molecular weight excluding hydrogens is 356 g/mol. The van der Waals surface area contributed by atoms with Gasteiger partial charge >= 0.3 is 0 Å². The van der Waals surface area contributed by atoms with E-state index in [1.165, 1.54) is 6.07 Å². The number of nitro benzene ring substituents is 1. The molecule has 0 bridgehead atoms. The molecule has 9 heteroatoms. The van der Waals surface area contributed by atoms with Crippen molar-refractivity contribution in [3.8, 4) is 5.75 Å². The smallest absolute Gasteiger partial charge is 0.290 e. The third kappa shape index (κ3) is 4.44. The summed E-state index contributed by atoms with van der Waals surface area (Å²) in [6, 6.07) is 10.3. The number of nitrogens with one attached hydrogen (secondary N) is 1. The van der Waals surface area contributed by atoms with Gasteiger partial charge in [0.2, 0.25) is 10.0 Å². The summed E-state index contributed by atoms with van der Waals surface area (Å²) in [5.41, 5.74) is 0.0965. The largest absolute Gasteiger partial charge is 0.494 e. The van der Waals surface area contributed by atoms with E-state index in [-0.39, 0.29) is 11.6 Å². The van der Waals surface area contributed by atoms with E-state index in [9.17, 15) is 18.5 Å². The van der Waals surface area contributed by atoms with E-state index in [0.717, 1.165) is 12.1 Å². The molecule has 0 heterocycles. The third-order valence-electron chi connectivity index (χ3n) is 3.08. The van der Waals surface area contributed by atoms with Gasteiger partial charge in [-0.25, -0.2) is 13.1 Å². The lowest BCUT2D eigenvalue weighted by Crippen LogP contribution is -2.24. The molecule has 0 unspecified atom stereocenters. The average Bonchev–Trinajstić information content (AvgIpc) is 2.53. The highest BCUT2D eigenvalue weighted by Gasteiger charge is 2.25. The van der Waals surface area contributed by atoms with E-state index in [0.29, 0.717) is 17.9 Å². The molecule has 0 aromatic heterocycles. The number of hydrogen-bond acceptors (Lipinski definition) is 5. The van der Waals surface area contributed by atoms with Gasteiger partial charge in [0, 0.05) is 17.6 Å². The predicted octanol–water partition coefficient (Wildman–Crippen LogP) is 3.13. The third-order valence-corrected chi connectivity index (χ3v) is 4.77. The van der Waals surface area contributed by atoms with Crippen molar-refractivity contribution in [2.45, 2.75) is 18.4 Å². The van der Waals surface area contributed by atoms with Crippen LogP contribution in [0.5, 0.6) is 5.75 Å². The first kappa shape index (κ1) is 18.2. The zero-order valence-electron chi connectivity index (χ0n) is 12.7. The molecule has 0 aliphatic heterocycles. The summed E-state index contributed by atoms with van der Waals surface area (Å²) >= 11 is 5.70. The summed E-state index contributed by atoms with van der Waals surface area (Å²) in [6.07, 6.45) is 0. The Morgan fingerprint density at radius 2 is 2.00 bits per heavy atom. The first-order valence-electron chi connectivity index (χ1n) is 6.99. The zero-order valence-corrected chi connectivity index (χ0v) is 14.3. The minimum absolute atomic E-state index is 0.0248. The number of nitrogens with zero attached hydrogens (tertiary/aromatic N) is 1. The quantitative estimate of drug-likeness (QED) is 0.596. The van der Waals surface area contributed by atoms with Crippen molar-refractivity contribution in [3.05, 3.63) is 63.2 Å². The van der Waals surface area contributed by atoms with Gasteiger partial charge < -0.3 is 4.74 Å². The van der Waals surface area contributed by atoms with Crippen molar-refractivity contribution in [1.82, 2.24) is 4.72 Å². The van der Waals surface area contributed by atoms with Crippen LogP contribution in [-0.2, 0) is 16.6 Å². The maximum absolute atomic E-state index is 12.4. The van der Waals surface area contributed by atoms with Gasteiger partial charge in [-0.2, -0.15) is 0 Å². The van der Waals surface area contributed by atoms with Gasteiger partial charge in [-0.15, -0.1) is 0 Å². The van der Waals surface area contributed by atoms with Gasteiger partial charge in [-0.1, -0.05) is 23.7 Å². The second-order valence-electron chi connectivity index (χ2n) is 4.77. The molecule has 0 radical (unpaired) electrons. The molecular formula is C15H15ClN2O5S. The van der Waals surface area contributed by atoms with Crippen LogP contribution in [0.1, 0.15) is 12.5 Å². The van der Waals surface area contributed by atoms with Gasteiger partial charge in [0.1, 0.15) is 5.75 Å². The monoisotopic (exact) mass is 370 g/mol. The molecule has 0 aliphatic carbocycles. The van der Waals surface area contributed by atoms with Crippen LogP contribution in [0.3, 0.4) is 0 Å². The van der Waals surface area contributed by atoms with E-state index in [4.69, 9.17) is 16.3 Å². The van der Waals surface area contributed by atoms with Crippen LogP contribution in [0.2, 0.25) is 5.02 Å². The second kappa shape index (κ2) is 7.61. The second-order valence-corrected chi connectivity index (χ2v) is 6.95. The first-order valence-corrected chi connectivity index (χ1v) is 8.85. The topological polar surface area (TPSA) is 98.5 Å². The highest BCUT2D eigenvalue weighted by molar-refractivity contribution is 7.89. The fraction of sp³-hybridized carbons (Fsp3) is 0.200. The Bertz CT molecular complexity index is 855. The van der Waals surface area contributed by atoms with Crippen molar-refractivity contribution in [1.29, 1.82) is 0 Å². The summed E-state index contributed by atoms with van der Waals surface area (Å²) in [4.78, 5) is 9.84. The van der Waals surface area contributed by atoms with E-state index >= 15 is 0 Å². The molecule has 24 heavy (non-hydrogen) atoms. The first-order chi connectivity index (χ1) is 11.3. The Labute approximate surface area is 144 Å². The molecule has 2 aromatic rings. The molecule has 128 valence electrons. The van der Waals surface area contributed by atoms with Crippen LogP contribution < -0.4 is 9.46 Å². The summed E-state index contributed by atoms with van der Waals surface area (Å²) < 4.78 is 32.4. The minimum Gasteiger partial charge on any atom is -0.494 e. The van der Waals surface area contributed by atoms with Crippen LogP contribution in [0.25, 0.3) is 0 Å². The molecule has 0 atom stereocenters. The van der Waals surface area contributed by atoms with Gasteiger partial charge in [-0.3, -0.25) is 10.1 Å². The maximum atomic E-state index is 12.4. The molecule has 2 aromatic carbocycles. The van der Waals surface area contributed by atoms with Crippen LogP contribution in [-0.4, -0.2) is 19.9 Å². The lowest BCUT2D eigenvalue weighted by atomic mass is 10.2. The Morgan fingerprint density at radius 3 is 2.67 bits per heavy atom. The highest BCUT2D eigenvalue weighted by atomic mass is 35.5. The molecule has 0 spiro atoms. The number of rotatable bonds is 7. The molecule has 0 fully saturated rings. The normalized spacial score (nSPS) is 11.2. The van der Waals surface area contributed by atoms with E-state index < -0.39 is 25.5 Å². The highest BCUT2D eigenvalue weighted by Crippen LogP contribution is 2.27. The van der Waals surface area contributed by atoms with Gasteiger partial charge in [0.25, 0.3) is 5.69 Å². The Balaban J connectivity index is 2.23. The number of nitro groups is 1. The van der Waals surface area contributed by atoms with Crippen molar-refractivity contribution in [3.63, 3.8) is 0 Å². The molecule has 0 amide bonds.